The zero-order chi connectivity index (χ0) is 10.5. The minimum absolute atomic E-state index is 0.586. The van der Waals surface area contributed by atoms with E-state index in [4.69, 9.17) is 4.74 Å². The summed E-state index contributed by atoms with van der Waals surface area (Å²) in [7, 11) is 0. The van der Waals surface area contributed by atoms with Gasteiger partial charge in [0.25, 0.3) is 0 Å². The third-order valence-electron chi connectivity index (χ3n) is 2.81. The Hall–Kier alpha value is -0.640. The monoisotopic (exact) mass is 226 g/mol. The van der Waals surface area contributed by atoms with E-state index in [1.54, 1.807) is 0 Å². The van der Waals surface area contributed by atoms with E-state index < -0.39 is 0 Å². The predicted molar refractivity (Wildman–Crippen MR) is 61.5 cm³/mol. The zero-order valence-electron chi connectivity index (χ0n) is 9.24. The van der Waals surface area contributed by atoms with E-state index in [9.17, 15) is 0 Å². The first kappa shape index (κ1) is 10.9. The second kappa shape index (κ2) is 5.45. The summed E-state index contributed by atoms with van der Waals surface area (Å²) >= 11 is 1.52. The molecule has 0 radical (unpaired) electrons. The number of nitrogens with zero attached hydrogens (tertiary/aromatic N) is 2. The maximum atomic E-state index is 5.41. The normalized spacial score (nSPS) is 17.9. The molecule has 0 aliphatic heterocycles. The highest BCUT2D eigenvalue weighted by Crippen LogP contribution is 2.34. The molecule has 1 aromatic rings. The molecule has 1 saturated carbocycles. The minimum atomic E-state index is 0.586. The van der Waals surface area contributed by atoms with Gasteiger partial charge >= 0.3 is 6.01 Å². The third-order valence-corrected chi connectivity index (χ3v) is 3.67. The fourth-order valence-corrected chi connectivity index (χ4v) is 2.76. The second-order valence-corrected chi connectivity index (χ2v) is 4.88. The Balaban J connectivity index is 1.93. The molecule has 15 heavy (non-hydrogen) atoms. The lowest BCUT2D eigenvalue weighted by Gasteiger charge is -2.18. The summed E-state index contributed by atoms with van der Waals surface area (Å²) in [6, 6.07) is 0.586. The molecule has 0 atom stereocenters. The van der Waals surface area contributed by atoms with Crippen LogP contribution >= 0.6 is 11.5 Å². The highest BCUT2D eigenvalue weighted by Gasteiger charge is 2.19. The number of rotatable bonds is 4. The van der Waals surface area contributed by atoms with E-state index in [1.165, 1.54) is 48.6 Å². The molecular formula is C11H18N2OS. The van der Waals surface area contributed by atoms with E-state index >= 15 is 0 Å². The molecule has 4 heteroatoms. The van der Waals surface area contributed by atoms with Gasteiger partial charge in [0.2, 0.25) is 0 Å². The molecule has 1 heterocycles. The molecule has 1 aliphatic rings. The van der Waals surface area contributed by atoms with Gasteiger partial charge in [-0.25, -0.2) is 0 Å². The van der Waals surface area contributed by atoms with Crippen LogP contribution in [0, 0.1) is 0 Å². The molecule has 0 unspecified atom stereocenters. The lowest BCUT2D eigenvalue weighted by molar-refractivity contribution is 0.295. The van der Waals surface area contributed by atoms with Crippen molar-refractivity contribution in [1.82, 2.24) is 9.36 Å². The molecule has 1 fully saturated rings. The van der Waals surface area contributed by atoms with Crippen molar-refractivity contribution in [1.29, 1.82) is 0 Å². The molecule has 84 valence electrons. The van der Waals surface area contributed by atoms with Crippen molar-refractivity contribution >= 4 is 11.5 Å². The van der Waals surface area contributed by atoms with Crippen LogP contribution in [-0.4, -0.2) is 16.0 Å². The smallest absolute Gasteiger partial charge is 0.328 e. The van der Waals surface area contributed by atoms with Gasteiger partial charge in [-0.3, -0.25) is 0 Å². The van der Waals surface area contributed by atoms with Gasteiger partial charge in [-0.15, -0.1) is 4.37 Å². The molecule has 0 saturated heterocycles. The topological polar surface area (TPSA) is 35.0 Å². The van der Waals surface area contributed by atoms with E-state index in [0.29, 0.717) is 11.9 Å². The number of hydrogen-bond acceptors (Lipinski definition) is 4. The quantitative estimate of drug-likeness (QED) is 0.789. The molecule has 1 aromatic heterocycles. The van der Waals surface area contributed by atoms with Gasteiger partial charge in [0, 0.05) is 5.92 Å². The second-order valence-electron chi connectivity index (χ2n) is 4.10. The summed E-state index contributed by atoms with van der Waals surface area (Å²) in [6.07, 6.45) is 7.64. The maximum Gasteiger partial charge on any atom is 0.328 e. The first-order valence-electron chi connectivity index (χ1n) is 5.86. The molecule has 2 rings (SSSR count). The largest absolute Gasteiger partial charge is 0.463 e. The fraction of sp³-hybridized carbons (Fsp3) is 0.818. The number of aromatic nitrogens is 2. The predicted octanol–water partition coefficient (Wildman–Crippen LogP) is 3.37. The van der Waals surface area contributed by atoms with Gasteiger partial charge in [-0.05, 0) is 30.8 Å². The van der Waals surface area contributed by atoms with Crippen LogP contribution in [-0.2, 0) is 0 Å². The summed E-state index contributed by atoms with van der Waals surface area (Å²) in [6.45, 7) is 2.81. The molecule has 0 aromatic carbocycles. The fourth-order valence-electron chi connectivity index (χ4n) is 1.99. The van der Waals surface area contributed by atoms with Crippen molar-refractivity contribution in [2.75, 3.05) is 6.61 Å². The molecule has 0 N–H and O–H groups in total. The Morgan fingerprint density at radius 1 is 1.33 bits per heavy atom. The van der Waals surface area contributed by atoms with Crippen LogP contribution in [0.25, 0.3) is 0 Å². The van der Waals surface area contributed by atoms with Crippen molar-refractivity contribution in [2.24, 2.45) is 0 Å². The van der Waals surface area contributed by atoms with Gasteiger partial charge in [0.1, 0.15) is 5.01 Å². The summed E-state index contributed by atoms with van der Waals surface area (Å²) in [5.41, 5.74) is 0. The van der Waals surface area contributed by atoms with E-state index in [2.05, 4.69) is 16.3 Å². The van der Waals surface area contributed by atoms with Gasteiger partial charge in [0.15, 0.2) is 0 Å². The minimum Gasteiger partial charge on any atom is -0.463 e. The zero-order valence-corrected chi connectivity index (χ0v) is 10.1. The third kappa shape index (κ3) is 2.91. The standard InChI is InChI=1S/C11H18N2OS/c1-2-8-14-11-12-10(15-13-11)9-6-4-3-5-7-9/h9H,2-8H2,1H3. The Bertz CT molecular complexity index is 295. The van der Waals surface area contributed by atoms with Crippen LogP contribution in [0.15, 0.2) is 0 Å². The summed E-state index contributed by atoms with van der Waals surface area (Å²) < 4.78 is 9.65. The average Bonchev–Trinajstić information content (AvgIpc) is 2.76. The van der Waals surface area contributed by atoms with Crippen LogP contribution in [0.4, 0.5) is 0 Å². The number of hydrogen-bond donors (Lipinski definition) is 0. The van der Waals surface area contributed by atoms with Crippen LogP contribution in [0.5, 0.6) is 6.01 Å². The summed E-state index contributed by atoms with van der Waals surface area (Å²) in [5, 5.41) is 1.18. The Morgan fingerprint density at radius 2 is 2.13 bits per heavy atom. The van der Waals surface area contributed by atoms with Crippen LogP contribution in [0.2, 0.25) is 0 Å². The summed E-state index contributed by atoms with van der Waals surface area (Å²) in [5.74, 6) is 0.648. The SMILES string of the molecule is CCCOc1nsc(C2CCCCC2)n1. The molecule has 0 bridgehead atoms. The van der Waals surface area contributed by atoms with Crippen LogP contribution < -0.4 is 4.74 Å². The van der Waals surface area contributed by atoms with Gasteiger partial charge in [-0.2, -0.15) is 4.98 Å². The molecule has 1 aliphatic carbocycles. The number of ether oxygens (including phenoxy) is 1. The Labute approximate surface area is 95.0 Å². The van der Waals surface area contributed by atoms with Crippen molar-refractivity contribution in [3.05, 3.63) is 5.01 Å². The Kier molecular flexibility index (Phi) is 3.94. The van der Waals surface area contributed by atoms with E-state index in [-0.39, 0.29) is 0 Å². The van der Waals surface area contributed by atoms with Crippen molar-refractivity contribution in [3.8, 4) is 6.01 Å². The first-order chi connectivity index (χ1) is 7.40. The average molecular weight is 226 g/mol. The van der Waals surface area contributed by atoms with Crippen molar-refractivity contribution < 1.29 is 4.74 Å². The van der Waals surface area contributed by atoms with Gasteiger partial charge in [-0.1, -0.05) is 26.2 Å². The summed E-state index contributed by atoms with van der Waals surface area (Å²) in [4.78, 5) is 4.46. The maximum absolute atomic E-state index is 5.41. The van der Waals surface area contributed by atoms with Crippen molar-refractivity contribution in [2.45, 2.75) is 51.4 Å². The highest BCUT2D eigenvalue weighted by atomic mass is 32.1. The first-order valence-corrected chi connectivity index (χ1v) is 6.64. The Morgan fingerprint density at radius 3 is 2.87 bits per heavy atom. The molecule has 3 nitrogen and oxygen atoms in total. The lowest BCUT2D eigenvalue weighted by atomic mass is 9.90. The van der Waals surface area contributed by atoms with Gasteiger partial charge in [0.05, 0.1) is 6.61 Å². The molecular weight excluding hydrogens is 208 g/mol. The lowest BCUT2D eigenvalue weighted by Crippen LogP contribution is -2.04. The van der Waals surface area contributed by atoms with Gasteiger partial charge < -0.3 is 4.74 Å². The molecule has 0 amide bonds. The highest BCUT2D eigenvalue weighted by molar-refractivity contribution is 7.05. The van der Waals surface area contributed by atoms with E-state index in [0.717, 1.165) is 13.0 Å². The van der Waals surface area contributed by atoms with Crippen LogP contribution in [0.3, 0.4) is 0 Å². The van der Waals surface area contributed by atoms with Crippen LogP contribution in [0.1, 0.15) is 56.4 Å². The van der Waals surface area contributed by atoms with Crippen molar-refractivity contribution in [3.63, 3.8) is 0 Å². The van der Waals surface area contributed by atoms with E-state index in [1.807, 2.05) is 0 Å². The molecule has 0 spiro atoms.